The SMILES string of the molecule is C/C=C1/C=C(Br)C(=O)N(CC)/C1=N/C(C)SC. The molecule has 1 unspecified atom stereocenters. The van der Waals surface area contributed by atoms with Crippen LogP contribution < -0.4 is 0 Å². The van der Waals surface area contributed by atoms with E-state index < -0.39 is 0 Å². The van der Waals surface area contributed by atoms with Crippen molar-refractivity contribution in [3.05, 3.63) is 22.2 Å². The van der Waals surface area contributed by atoms with E-state index in [0.717, 1.165) is 11.4 Å². The first-order valence-electron chi connectivity index (χ1n) is 5.51. The van der Waals surface area contributed by atoms with E-state index >= 15 is 0 Å². The smallest absolute Gasteiger partial charge is 0.266 e. The number of allylic oxidation sites excluding steroid dienone is 1. The molecule has 0 aromatic heterocycles. The van der Waals surface area contributed by atoms with Crippen molar-refractivity contribution in [3.8, 4) is 0 Å². The molecule has 1 amide bonds. The highest BCUT2D eigenvalue weighted by Crippen LogP contribution is 2.24. The summed E-state index contributed by atoms with van der Waals surface area (Å²) in [7, 11) is 0. The monoisotopic (exact) mass is 316 g/mol. The van der Waals surface area contributed by atoms with E-state index in [4.69, 9.17) is 0 Å². The number of halogens is 1. The van der Waals surface area contributed by atoms with Crippen molar-refractivity contribution in [2.75, 3.05) is 12.8 Å². The molecule has 0 aromatic rings. The number of hydrogen-bond donors (Lipinski definition) is 0. The third kappa shape index (κ3) is 3.22. The summed E-state index contributed by atoms with van der Waals surface area (Å²) in [6, 6.07) is 0. The van der Waals surface area contributed by atoms with E-state index in [-0.39, 0.29) is 11.3 Å². The van der Waals surface area contributed by atoms with Gasteiger partial charge in [-0.1, -0.05) is 6.08 Å². The lowest BCUT2D eigenvalue weighted by Crippen LogP contribution is -2.40. The van der Waals surface area contributed by atoms with Gasteiger partial charge in [0.25, 0.3) is 5.91 Å². The normalized spacial score (nSPS) is 23.2. The third-order valence-electron chi connectivity index (χ3n) is 2.52. The van der Waals surface area contributed by atoms with Crippen molar-refractivity contribution in [1.82, 2.24) is 4.90 Å². The fraction of sp³-hybridized carbons (Fsp3) is 0.500. The maximum atomic E-state index is 12.0. The van der Waals surface area contributed by atoms with E-state index in [0.29, 0.717) is 11.0 Å². The van der Waals surface area contributed by atoms with Gasteiger partial charge in [-0.05, 0) is 49.0 Å². The second-order valence-electron chi connectivity index (χ2n) is 3.57. The number of likely N-dealkylation sites (N-methyl/N-ethyl adjacent to an activating group) is 1. The Kier molecular flexibility index (Phi) is 5.46. The summed E-state index contributed by atoms with van der Waals surface area (Å²) < 4.78 is 0.586. The molecule has 1 heterocycles. The van der Waals surface area contributed by atoms with Gasteiger partial charge in [0, 0.05) is 12.1 Å². The van der Waals surface area contributed by atoms with Crippen molar-refractivity contribution in [3.63, 3.8) is 0 Å². The van der Waals surface area contributed by atoms with Gasteiger partial charge in [-0.2, -0.15) is 0 Å². The Morgan fingerprint density at radius 1 is 1.65 bits per heavy atom. The minimum Gasteiger partial charge on any atom is -0.292 e. The summed E-state index contributed by atoms with van der Waals surface area (Å²) in [4.78, 5) is 18.3. The zero-order chi connectivity index (χ0) is 13.0. The highest BCUT2D eigenvalue weighted by Gasteiger charge is 2.27. The summed E-state index contributed by atoms with van der Waals surface area (Å²) in [6.45, 7) is 6.56. The number of thioether (sulfide) groups is 1. The number of rotatable bonds is 3. The maximum absolute atomic E-state index is 12.0. The van der Waals surface area contributed by atoms with Crippen LogP contribution in [0.5, 0.6) is 0 Å². The molecule has 5 heteroatoms. The van der Waals surface area contributed by atoms with Crippen molar-refractivity contribution in [2.45, 2.75) is 26.1 Å². The largest absolute Gasteiger partial charge is 0.292 e. The fourth-order valence-corrected chi connectivity index (χ4v) is 2.18. The van der Waals surface area contributed by atoms with Crippen LogP contribution in [-0.2, 0) is 4.79 Å². The first-order chi connectivity index (χ1) is 8.04. The zero-order valence-electron chi connectivity index (χ0n) is 10.5. The molecule has 0 spiro atoms. The Morgan fingerprint density at radius 3 is 2.76 bits per heavy atom. The van der Waals surface area contributed by atoms with Crippen LogP contribution in [0.3, 0.4) is 0 Å². The maximum Gasteiger partial charge on any atom is 0.266 e. The standard InChI is InChI=1S/C12H17BrN2OS/c1-5-9-7-10(13)12(16)15(6-2)11(9)14-8(3)17-4/h5,7-8H,6H2,1-4H3/b9-5-,14-11+. The number of carbonyl (C=O) groups is 1. The first kappa shape index (κ1) is 14.5. The highest BCUT2D eigenvalue weighted by molar-refractivity contribution is 9.12. The Balaban J connectivity index is 3.23. The van der Waals surface area contributed by atoms with Crippen LogP contribution in [0.25, 0.3) is 0 Å². The average Bonchev–Trinajstić information content (AvgIpc) is 2.33. The Morgan fingerprint density at radius 2 is 2.29 bits per heavy atom. The number of carbonyl (C=O) groups excluding carboxylic acids is 1. The average molecular weight is 317 g/mol. The Bertz CT molecular complexity index is 401. The number of amides is 1. The number of nitrogens with zero attached hydrogens (tertiary/aromatic N) is 2. The van der Waals surface area contributed by atoms with Gasteiger partial charge in [-0.3, -0.25) is 14.7 Å². The minimum absolute atomic E-state index is 0.0230. The molecule has 3 nitrogen and oxygen atoms in total. The van der Waals surface area contributed by atoms with Gasteiger partial charge >= 0.3 is 0 Å². The molecule has 1 rings (SSSR count). The van der Waals surface area contributed by atoms with Crippen LogP contribution in [0.1, 0.15) is 20.8 Å². The molecule has 17 heavy (non-hydrogen) atoms. The van der Waals surface area contributed by atoms with Gasteiger partial charge in [-0.15, -0.1) is 11.8 Å². The molecule has 94 valence electrons. The molecule has 0 saturated heterocycles. The van der Waals surface area contributed by atoms with Gasteiger partial charge in [-0.25, -0.2) is 0 Å². The van der Waals surface area contributed by atoms with Crippen LogP contribution >= 0.6 is 27.7 Å². The molecule has 1 atom stereocenters. The molecule has 0 N–H and O–H groups in total. The summed E-state index contributed by atoms with van der Waals surface area (Å²) in [5.74, 6) is 0.746. The van der Waals surface area contributed by atoms with Gasteiger partial charge in [0.05, 0.1) is 9.86 Å². The number of amidine groups is 1. The number of aliphatic imine (C=N–C) groups is 1. The molecule has 0 saturated carbocycles. The Labute approximate surface area is 115 Å². The first-order valence-corrected chi connectivity index (χ1v) is 7.59. The molecular weight excluding hydrogens is 300 g/mol. The summed E-state index contributed by atoms with van der Waals surface area (Å²) >= 11 is 4.96. The molecule has 1 aliphatic rings. The molecule has 0 fully saturated rings. The quantitative estimate of drug-likeness (QED) is 0.801. The van der Waals surface area contributed by atoms with Gasteiger partial charge in [0.15, 0.2) is 0 Å². The predicted molar refractivity (Wildman–Crippen MR) is 78.6 cm³/mol. The lowest BCUT2D eigenvalue weighted by atomic mass is 10.1. The fourth-order valence-electron chi connectivity index (χ4n) is 1.52. The third-order valence-corrected chi connectivity index (χ3v) is 3.87. The van der Waals surface area contributed by atoms with E-state index in [2.05, 4.69) is 20.9 Å². The summed E-state index contributed by atoms with van der Waals surface area (Å²) in [6.07, 6.45) is 5.82. The van der Waals surface area contributed by atoms with Crippen molar-refractivity contribution in [1.29, 1.82) is 0 Å². The van der Waals surface area contributed by atoms with E-state index in [1.54, 1.807) is 16.7 Å². The molecular formula is C12H17BrN2OS. The summed E-state index contributed by atoms with van der Waals surface area (Å²) in [5.41, 5.74) is 0.985. The van der Waals surface area contributed by atoms with Crippen LogP contribution in [0.2, 0.25) is 0 Å². The molecule has 0 radical (unpaired) electrons. The topological polar surface area (TPSA) is 32.7 Å². The molecule has 1 aliphatic heterocycles. The lowest BCUT2D eigenvalue weighted by molar-refractivity contribution is -0.122. The van der Waals surface area contributed by atoms with Crippen molar-refractivity contribution in [2.24, 2.45) is 4.99 Å². The van der Waals surface area contributed by atoms with Crippen molar-refractivity contribution < 1.29 is 4.79 Å². The lowest BCUT2D eigenvalue weighted by Gasteiger charge is -2.28. The van der Waals surface area contributed by atoms with Gasteiger partial charge < -0.3 is 0 Å². The molecule has 0 aromatic carbocycles. The van der Waals surface area contributed by atoms with Gasteiger partial charge in [0.1, 0.15) is 5.84 Å². The Hall–Kier alpha value is -0.550. The molecule has 0 aliphatic carbocycles. The van der Waals surface area contributed by atoms with Crippen LogP contribution in [0.4, 0.5) is 0 Å². The van der Waals surface area contributed by atoms with Crippen LogP contribution in [0.15, 0.2) is 27.2 Å². The van der Waals surface area contributed by atoms with E-state index in [1.165, 1.54) is 0 Å². The number of hydrogen-bond acceptors (Lipinski definition) is 3. The second-order valence-corrected chi connectivity index (χ2v) is 5.58. The van der Waals surface area contributed by atoms with Crippen LogP contribution in [0, 0.1) is 0 Å². The van der Waals surface area contributed by atoms with Crippen molar-refractivity contribution >= 4 is 39.4 Å². The molecule has 0 bridgehead atoms. The van der Waals surface area contributed by atoms with E-state index in [1.807, 2.05) is 39.2 Å². The van der Waals surface area contributed by atoms with Gasteiger partial charge in [0.2, 0.25) is 0 Å². The summed E-state index contributed by atoms with van der Waals surface area (Å²) in [5, 5.41) is 0.145. The second kappa shape index (κ2) is 6.40. The van der Waals surface area contributed by atoms with Crippen LogP contribution in [-0.4, -0.2) is 34.8 Å². The predicted octanol–water partition coefficient (Wildman–Crippen LogP) is 3.18. The highest BCUT2D eigenvalue weighted by atomic mass is 79.9. The van der Waals surface area contributed by atoms with E-state index in [9.17, 15) is 4.79 Å². The zero-order valence-corrected chi connectivity index (χ0v) is 12.9. The minimum atomic E-state index is -0.0230.